The van der Waals surface area contributed by atoms with Crippen LogP contribution in [0.3, 0.4) is 0 Å². The van der Waals surface area contributed by atoms with E-state index >= 15 is 0 Å². The monoisotopic (exact) mass is 801 g/mol. The lowest BCUT2D eigenvalue weighted by Crippen LogP contribution is -2.26. The van der Waals surface area contributed by atoms with Gasteiger partial charge in [0.05, 0.1) is 12.2 Å². The van der Waals surface area contributed by atoms with Gasteiger partial charge >= 0.3 is 0 Å². The van der Waals surface area contributed by atoms with Crippen LogP contribution in [-0.4, -0.2) is 93.2 Å². The van der Waals surface area contributed by atoms with Gasteiger partial charge in [-0.15, -0.1) is 0 Å². The predicted octanol–water partition coefficient (Wildman–Crippen LogP) is 8.46. The van der Waals surface area contributed by atoms with E-state index in [2.05, 4.69) is 75.0 Å². The van der Waals surface area contributed by atoms with Gasteiger partial charge in [0.2, 0.25) is 0 Å². The van der Waals surface area contributed by atoms with Crippen molar-refractivity contribution < 1.29 is 14.3 Å². The Morgan fingerprint density at radius 2 is 1.67 bits per heavy atom. The maximum absolute atomic E-state index is 12.6. The average Bonchev–Trinajstić information content (AvgIpc) is 3.79. The summed E-state index contributed by atoms with van der Waals surface area (Å²) in [6, 6.07) is 19.5. The zero-order valence-corrected chi connectivity index (χ0v) is 35.3. The molecule has 1 unspecified atom stereocenters. The first-order chi connectivity index (χ1) is 28.2. The highest BCUT2D eigenvalue weighted by atomic mass is 32.2. The first-order valence-electron chi connectivity index (χ1n) is 20.5. The largest absolute Gasteiger partial charge is 0.380 e. The van der Waals surface area contributed by atoms with Crippen molar-refractivity contribution in [1.29, 1.82) is 0 Å². The molecule has 2 aromatic carbocycles. The van der Waals surface area contributed by atoms with Gasteiger partial charge in [-0.25, -0.2) is 4.98 Å². The molecule has 3 aromatic heterocycles. The number of hydrogen-bond donors (Lipinski definition) is 3. The Kier molecular flexibility index (Phi) is 15.9. The van der Waals surface area contributed by atoms with Crippen LogP contribution >= 0.6 is 10.7 Å². The van der Waals surface area contributed by atoms with E-state index in [-0.39, 0.29) is 22.5 Å². The Balaban J connectivity index is 0.000000173. The molecule has 8 rings (SSSR count). The van der Waals surface area contributed by atoms with Crippen molar-refractivity contribution in [2.24, 2.45) is 0 Å². The van der Waals surface area contributed by atoms with Gasteiger partial charge in [-0.2, -0.15) is 0 Å². The molecule has 1 aliphatic carbocycles. The van der Waals surface area contributed by atoms with Gasteiger partial charge in [-0.1, -0.05) is 71.2 Å². The minimum atomic E-state index is -0.109. The van der Waals surface area contributed by atoms with E-state index < -0.39 is 0 Å². The molecule has 2 aliphatic heterocycles. The number of hydrogen-bond acceptors (Lipinski definition) is 6. The van der Waals surface area contributed by atoms with Gasteiger partial charge in [-0.3, -0.25) is 13.9 Å². The number of pyridine rings is 1. The molecular weight excluding hydrogens is 743 g/mol. The molecule has 306 valence electrons. The quantitative estimate of drug-likeness (QED) is 0.136. The Morgan fingerprint density at radius 1 is 0.862 bits per heavy atom. The van der Waals surface area contributed by atoms with E-state index in [4.69, 9.17) is 4.74 Å². The third kappa shape index (κ3) is 12.2. The SMILES string of the molecule is CC(C)=S(C1=CC=C(CNC(=O)c2ccc3cc[nH]c3c2)CC=C1)N1CCCCC1.CN1CCCOCC1.Cc1ccc(CNC(=O)c2cccn3ccnc23)cc1. The first-order valence-corrected chi connectivity index (χ1v) is 21.7. The number of nitrogens with zero attached hydrogens (tertiary/aromatic N) is 4. The van der Waals surface area contributed by atoms with E-state index in [0.29, 0.717) is 29.9 Å². The summed E-state index contributed by atoms with van der Waals surface area (Å²) in [5, 5.41) is 7.13. The summed E-state index contributed by atoms with van der Waals surface area (Å²) in [5.41, 5.74) is 6.46. The summed E-state index contributed by atoms with van der Waals surface area (Å²) in [4.78, 5) is 37.4. The van der Waals surface area contributed by atoms with Gasteiger partial charge in [-0.05, 0) is 111 Å². The van der Waals surface area contributed by atoms with E-state index in [0.717, 1.165) is 42.6 Å². The Labute approximate surface area is 346 Å². The van der Waals surface area contributed by atoms with Crippen LogP contribution in [0.4, 0.5) is 0 Å². The fourth-order valence-electron chi connectivity index (χ4n) is 7.07. The van der Waals surface area contributed by atoms with Crippen LogP contribution in [0, 0.1) is 6.92 Å². The molecule has 2 amide bonds. The third-order valence-electron chi connectivity index (χ3n) is 10.3. The third-order valence-corrected chi connectivity index (χ3v) is 12.7. The highest BCUT2D eigenvalue weighted by Crippen LogP contribution is 2.36. The number of likely N-dealkylation sites (N-methyl/N-ethyl adjacent to an activating group) is 1. The molecular formula is C47H59N7O3S. The predicted molar refractivity (Wildman–Crippen MR) is 240 cm³/mol. The van der Waals surface area contributed by atoms with Gasteiger partial charge in [0.25, 0.3) is 11.8 Å². The number of carbonyl (C=O) groups excluding carboxylic acids is 2. The minimum Gasteiger partial charge on any atom is -0.380 e. The number of allylic oxidation sites excluding steroid dienone is 4. The number of aromatic amines is 1. The van der Waals surface area contributed by atoms with Crippen molar-refractivity contribution in [3.63, 3.8) is 0 Å². The summed E-state index contributed by atoms with van der Waals surface area (Å²) >= 11 is 0. The normalized spacial score (nSPS) is 16.7. The molecule has 58 heavy (non-hydrogen) atoms. The number of aryl methyl sites for hydroxylation is 1. The van der Waals surface area contributed by atoms with Crippen LogP contribution in [0.25, 0.3) is 16.6 Å². The van der Waals surface area contributed by atoms with Crippen molar-refractivity contribution in [2.75, 3.05) is 53.0 Å². The number of amides is 2. The first kappa shape index (κ1) is 42.5. The fraction of sp³-hybridized carbons (Fsp3) is 0.362. The molecule has 0 radical (unpaired) electrons. The number of carbonyl (C=O) groups is 2. The number of rotatable bonds is 8. The Hall–Kier alpha value is -5.07. The van der Waals surface area contributed by atoms with E-state index in [1.165, 1.54) is 66.2 Å². The van der Waals surface area contributed by atoms with Crippen molar-refractivity contribution in [3.05, 3.63) is 142 Å². The van der Waals surface area contributed by atoms with Crippen molar-refractivity contribution >= 4 is 43.9 Å². The second-order valence-corrected chi connectivity index (χ2v) is 17.5. The molecule has 0 spiro atoms. The van der Waals surface area contributed by atoms with Crippen LogP contribution in [0.1, 0.15) is 77.8 Å². The van der Waals surface area contributed by atoms with E-state index in [9.17, 15) is 9.59 Å². The Morgan fingerprint density at radius 3 is 2.48 bits per heavy atom. The molecule has 11 heteroatoms. The summed E-state index contributed by atoms with van der Waals surface area (Å²) in [6.07, 6.45) is 22.3. The van der Waals surface area contributed by atoms with Gasteiger partial charge in [0, 0.05) is 86.6 Å². The number of benzene rings is 2. The van der Waals surface area contributed by atoms with E-state index in [1.807, 2.05) is 84.5 Å². The van der Waals surface area contributed by atoms with E-state index in [1.54, 1.807) is 12.3 Å². The number of piperidine rings is 1. The number of nitrogens with one attached hydrogen (secondary N) is 3. The smallest absolute Gasteiger partial charge is 0.255 e. The second kappa shape index (κ2) is 21.6. The molecule has 10 nitrogen and oxygen atoms in total. The van der Waals surface area contributed by atoms with Crippen LogP contribution in [0.15, 0.2) is 120 Å². The Bertz CT molecular complexity index is 2250. The molecule has 5 heterocycles. The fourth-order valence-corrected chi connectivity index (χ4v) is 9.40. The minimum absolute atomic E-state index is 0.0318. The lowest BCUT2D eigenvalue weighted by molar-refractivity contribution is 0.0946. The summed E-state index contributed by atoms with van der Waals surface area (Å²) in [7, 11) is 2.20. The van der Waals surface area contributed by atoms with Crippen LogP contribution in [0.2, 0.25) is 0 Å². The van der Waals surface area contributed by atoms with Crippen molar-refractivity contribution in [1.82, 2.24) is 34.2 Å². The number of fused-ring (bicyclic) bond motifs is 2. The number of H-pyrrole nitrogens is 1. The maximum Gasteiger partial charge on any atom is 0.255 e. The summed E-state index contributed by atoms with van der Waals surface area (Å²) in [6.45, 7) is 14.2. The topological polar surface area (TPSA) is 107 Å². The van der Waals surface area contributed by atoms with Crippen molar-refractivity contribution in [2.45, 2.75) is 59.4 Å². The molecule has 2 fully saturated rings. The van der Waals surface area contributed by atoms with Crippen LogP contribution in [-0.2, 0) is 11.3 Å². The van der Waals surface area contributed by atoms with Crippen LogP contribution in [0.5, 0.6) is 0 Å². The zero-order chi connectivity index (χ0) is 40.7. The lowest BCUT2D eigenvalue weighted by atomic mass is 10.1. The molecule has 0 saturated carbocycles. The number of aromatic nitrogens is 3. The van der Waals surface area contributed by atoms with Crippen molar-refractivity contribution in [3.8, 4) is 0 Å². The molecule has 1 atom stereocenters. The van der Waals surface area contributed by atoms with Crippen LogP contribution < -0.4 is 10.6 Å². The standard InChI is InChI=1S/C25H31N3OS.C16H15N3O.C6H13NO/c1-19(2)30(28-15-4-3-5-16-28)23-8-6-7-20(9-12-23)18-27-25(29)22-11-10-21-13-14-26-24(21)17-22;1-12-4-6-13(7-5-12)11-18-16(20)14-3-2-9-19-10-8-17-15(14)19;1-7-3-2-5-8-6-4-7/h6,8-14,17,26H,3-5,7,15-16,18H2,1-2H3,(H,27,29);2-10H,11H2,1H3,(H,18,20);2-6H2,1H3. The molecule has 0 bridgehead atoms. The summed E-state index contributed by atoms with van der Waals surface area (Å²) < 4.78 is 9.70. The van der Waals surface area contributed by atoms with Gasteiger partial charge in [0.1, 0.15) is 5.65 Å². The average molecular weight is 802 g/mol. The molecule has 3 N–H and O–H groups in total. The van der Waals surface area contributed by atoms with Gasteiger partial charge < -0.3 is 29.7 Å². The lowest BCUT2D eigenvalue weighted by Gasteiger charge is -2.31. The highest BCUT2D eigenvalue weighted by molar-refractivity contribution is 8.17. The van der Waals surface area contributed by atoms with Gasteiger partial charge in [0.15, 0.2) is 0 Å². The molecule has 3 aliphatic rings. The second-order valence-electron chi connectivity index (χ2n) is 15.2. The summed E-state index contributed by atoms with van der Waals surface area (Å²) in [5.74, 6) is -0.141. The molecule has 5 aromatic rings. The highest BCUT2D eigenvalue weighted by Gasteiger charge is 2.18. The zero-order valence-electron chi connectivity index (χ0n) is 34.5. The molecule has 2 saturated heterocycles. The number of imidazole rings is 1. The number of ether oxygens (including phenoxy) is 1. The maximum atomic E-state index is 12.6.